The molecule has 0 radical (unpaired) electrons. The zero-order valence-corrected chi connectivity index (χ0v) is 13.6. The summed E-state index contributed by atoms with van der Waals surface area (Å²) in [6.45, 7) is 3.00. The fraction of sp³-hybridized carbons (Fsp3) is 0.312. The minimum atomic E-state index is -0.759. The zero-order chi connectivity index (χ0) is 15.4. The van der Waals surface area contributed by atoms with Crippen LogP contribution in [-0.2, 0) is 11.3 Å². The smallest absolute Gasteiger partial charge is 0.307 e. The van der Waals surface area contributed by atoms with E-state index in [1.165, 1.54) is 4.88 Å². The molecular formula is C16H18ClNO2S. The number of rotatable bonds is 6. The molecule has 0 spiro atoms. The van der Waals surface area contributed by atoms with Crippen molar-refractivity contribution in [2.45, 2.75) is 13.5 Å². The summed E-state index contributed by atoms with van der Waals surface area (Å²) >= 11 is 7.90. The molecule has 2 aromatic rings. The molecule has 0 aliphatic heterocycles. The standard InChI is InChI=1S/C16H18ClNO2S/c1-11(16(19)20)9-18(2)10-12-7-8-15(21-12)13-5-3-4-6-14(13)17/h3-8,11H,9-10H2,1-2H3,(H,19,20). The predicted octanol–water partition coefficient (Wildman–Crippen LogP) is 4.22. The SMILES string of the molecule is CC(CN(C)Cc1ccc(-c2ccccc2Cl)s1)C(=O)O. The van der Waals surface area contributed by atoms with Crippen LogP contribution in [-0.4, -0.2) is 29.6 Å². The first-order valence-corrected chi connectivity index (χ1v) is 7.91. The Hall–Kier alpha value is -1.36. The Bertz CT molecular complexity index is 626. The Kier molecular flexibility index (Phi) is 5.39. The van der Waals surface area contributed by atoms with Gasteiger partial charge in [-0.25, -0.2) is 0 Å². The normalized spacial score (nSPS) is 12.6. The lowest BCUT2D eigenvalue weighted by atomic mass is 10.2. The second-order valence-corrected chi connectivity index (χ2v) is 6.76. The Balaban J connectivity index is 2.04. The van der Waals surface area contributed by atoms with E-state index in [-0.39, 0.29) is 5.92 Å². The number of benzene rings is 1. The average Bonchev–Trinajstić information content (AvgIpc) is 2.87. The third-order valence-corrected chi connectivity index (χ3v) is 4.67. The van der Waals surface area contributed by atoms with Crippen molar-refractivity contribution in [3.8, 4) is 10.4 Å². The molecule has 1 N–H and O–H groups in total. The van der Waals surface area contributed by atoms with E-state index >= 15 is 0 Å². The maximum atomic E-state index is 10.9. The minimum Gasteiger partial charge on any atom is -0.481 e. The Labute approximate surface area is 133 Å². The van der Waals surface area contributed by atoms with Gasteiger partial charge in [0.05, 0.1) is 5.92 Å². The van der Waals surface area contributed by atoms with Crippen LogP contribution in [0.5, 0.6) is 0 Å². The predicted molar refractivity (Wildman–Crippen MR) is 87.9 cm³/mol. The first kappa shape index (κ1) is 16.0. The molecule has 3 nitrogen and oxygen atoms in total. The Morgan fingerprint density at radius 2 is 2.05 bits per heavy atom. The van der Waals surface area contributed by atoms with Gasteiger partial charge in [-0.05, 0) is 25.2 Å². The number of carboxylic acids is 1. The summed E-state index contributed by atoms with van der Waals surface area (Å²) in [5.74, 6) is -1.12. The lowest BCUT2D eigenvalue weighted by molar-refractivity contribution is -0.141. The van der Waals surface area contributed by atoms with E-state index in [1.807, 2.05) is 36.2 Å². The highest BCUT2D eigenvalue weighted by Crippen LogP contribution is 2.33. The lowest BCUT2D eigenvalue weighted by Gasteiger charge is -2.17. The molecule has 0 bridgehead atoms. The molecule has 0 fully saturated rings. The van der Waals surface area contributed by atoms with Crippen LogP contribution in [0.25, 0.3) is 10.4 Å². The molecule has 5 heteroatoms. The molecule has 2 rings (SSSR count). The summed E-state index contributed by atoms with van der Waals surface area (Å²) in [6.07, 6.45) is 0. The fourth-order valence-corrected chi connectivity index (χ4v) is 3.57. The lowest BCUT2D eigenvalue weighted by Crippen LogP contribution is -2.27. The molecule has 0 amide bonds. The van der Waals surface area contributed by atoms with Gasteiger partial charge in [-0.2, -0.15) is 0 Å². The van der Waals surface area contributed by atoms with E-state index in [0.717, 1.165) is 22.0 Å². The van der Waals surface area contributed by atoms with Crippen LogP contribution in [0.3, 0.4) is 0 Å². The monoisotopic (exact) mass is 323 g/mol. The van der Waals surface area contributed by atoms with Crippen LogP contribution < -0.4 is 0 Å². The summed E-state index contributed by atoms with van der Waals surface area (Å²) in [5, 5.41) is 9.69. The molecule has 0 saturated carbocycles. The second-order valence-electron chi connectivity index (χ2n) is 5.18. The van der Waals surface area contributed by atoms with Gasteiger partial charge in [0, 0.05) is 33.4 Å². The summed E-state index contributed by atoms with van der Waals surface area (Å²) in [5.41, 5.74) is 1.04. The van der Waals surface area contributed by atoms with E-state index in [9.17, 15) is 4.79 Å². The zero-order valence-electron chi connectivity index (χ0n) is 12.0. The number of carboxylic acid groups (broad SMARTS) is 1. The van der Waals surface area contributed by atoms with Crippen molar-refractivity contribution in [1.29, 1.82) is 0 Å². The molecule has 0 saturated heterocycles. The highest BCUT2D eigenvalue weighted by Gasteiger charge is 2.14. The molecule has 112 valence electrons. The van der Waals surface area contributed by atoms with Crippen molar-refractivity contribution in [2.24, 2.45) is 5.92 Å². The fourth-order valence-electron chi connectivity index (χ4n) is 2.14. The average molecular weight is 324 g/mol. The van der Waals surface area contributed by atoms with Crippen molar-refractivity contribution in [2.75, 3.05) is 13.6 Å². The maximum absolute atomic E-state index is 10.9. The van der Waals surface area contributed by atoms with Crippen LogP contribution in [0.2, 0.25) is 5.02 Å². The summed E-state index contributed by atoms with van der Waals surface area (Å²) < 4.78 is 0. The van der Waals surface area contributed by atoms with Gasteiger partial charge in [-0.15, -0.1) is 11.3 Å². The van der Waals surface area contributed by atoms with Crippen LogP contribution in [0, 0.1) is 5.92 Å². The first-order valence-electron chi connectivity index (χ1n) is 6.72. The van der Waals surface area contributed by atoms with E-state index in [4.69, 9.17) is 16.7 Å². The number of hydrogen-bond acceptors (Lipinski definition) is 3. The van der Waals surface area contributed by atoms with Crippen molar-refractivity contribution in [1.82, 2.24) is 4.90 Å². The molecule has 0 aliphatic rings. The van der Waals surface area contributed by atoms with Gasteiger partial charge in [-0.1, -0.05) is 36.7 Å². The van der Waals surface area contributed by atoms with Crippen LogP contribution in [0.15, 0.2) is 36.4 Å². The number of hydrogen-bond donors (Lipinski definition) is 1. The number of nitrogens with zero attached hydrogens (tertiary/aromatic N) is 1. The Morgan fingerprint density at radius 3 is 2.71 bits per heavy atom. The number of halogens is 1. The molecular weight excluding hydrogens is 306 g/mol. The van der Waals surface area contributed by atoms with Crippen LogP contribution >= 0.6 is 22.9 Å². The van der Waals surface area contributed by atoms with Gasteiger partial charge < -0.3 is 10.0 Å². The molecule has 1 aromatic carbocycles. The van der Waals surface area contributed by atoms with Gasteiger partial charge >= 0.3 is 5.97 Å². The Morgan fingerprint density at radius 1 is 1.33 bits per heavy atom. The maximum Gasteiger partial charge on any atom is 0.307 e. The molecule has 0 aliphatic carbocycles. The third-order valence-electron chi connectivity index (χ3n) is 3.23. The van der Waals surface area contributed by atoms with Crippen molar-refractivity contribution < 1.29 is 9.90 Å². The largest absolute Gasteiger partial charge is 0.481 e. The first-order chi connectivity index (χ1) is 9.97. The van der Waals surface area contributed by atoms with E-state index in [2.05, 4.69) is 12.1 Å². The van der Waals surface area contributed by atoms with Gasteiger partial charge in [0.2, 0.25) is 0 Å². The summed E-state index contributed by atoms with van der Waals surface area (Å²) in [7, 11) is 1.94. The number of aliphatic carboxylic acids is 1. The molecule has 1 atom stereocenters. The molecule has 1 heterocycles. The topological polar surface area (TPSA) is 40.5 Å². The second kappa shape index (κ2) is 7.07. The molecule has 1 aromatic heterocycles. The summed E-state index contributed by atoms with van der Waals surface area (Å²) in [6, 6.07) is 11.9. The highest BCUT2D eigenvalue weighted by atomic mass is 35.5. The molecule has 1 unspecified atom stereocenters. The van der Waals surface area contributed by atoms with Gasteiger partial charge in [0.15, 0.2) is 0 Å². The number of carbonyl (C=O) groups is 1. The van der Waals surface area contributed by atoms with Gasteiger partial charge in [0.25, 0.3) is 0 Å². The highest BCUT2D eigenvalue weighted by molar-refractivity contribution is 7.15. The van der Waals surface area contributed by atoms with Crippen molar-refractivity contribution in [3.05, 3.63) is 46.3 Å². The van der Waals surface area contributed by atoms with Crippen molar-refractivity contribution >= 4 is 28.9 Å². The third kappa shape index (κ3) is 4.30. The van der Waals surface area contributed by atoms with Crippen LogP contribution in [0.1, 0.15) is 11.8 Å². The molecule has 21 heavy (non-hydrogen) atoms. The van der Waals surface area contributed by atoms with E-state index in [0.29, 0.717) is 6.54 Å². The minimum absolute atomic E-state index is 0.363. The van der Waals surface area contributed by atoms with E-state index in [1.54, 1.807) is 18.3 Å². The van der Waals surface area contributed by atoms with Crippen molar-refractivity contribution in [3.63, 3.8) is 0 Å². The van der Waals surface area contributed by atoms with Gasteiger partial charge in [-0.3, -0.25) is 4.79 Å². The quantitative estimate of drug-likeness (QED) is 0.865. The summed E-state index contributed by atoms with van der Waals surface area (Å²) in [4.78, 5) is 15.2. The number of thiophene rings is 1. The van der Waals surface area contributed by atoms with Gasteiger partial charge in [0.1, 0.15) is 0 Å². The van der Waals surface area contributed by atoms with Crippen LogP contribution in [0.4, 0.5) is 0 Å². The van der Waals surface area contributed by atoms with E-state index < -0.39 is 5.97 Å².